The molecule has 2 amide bonds. The first-order valence-corrected chi connectivity index (χ1v) is 8.23. The van der Waals surface area contributed by atoms with Gasteiger partial charge < -0.3 is 16.4 Å². The number of rotatable bonds is 2. The molecule has 1 aromatic rings. The molecule has 2 aliphatic rings. The molecule has 0 saturated heterocycles. The van der Waals surface area contributed by atoms with E-state index in [1.807, 2.05) is 18.2 Å². The van der Waals surface area contributed by atoms with Gasteiger partial charge in [0.05, 0.1) is 11.4 Å². The molecule has 5 nitrogen and oxygen atoms in total. The average molecular weight is 305 g/mol. The molecule has 1 fully saturated rings. The largest absolute Gasteiger partial charge is 0.328 e. The van der Waals surface area contributed by atoms with Crippen molar-refractivity contribution in [2.45, 2.75) is 36.6 Å². The Bertz CT molecular complexity index is 568. The van der Waals surface area contributed by atoms with E-state index in [9.17, 15) is 9.59 Å². The van der Waals surface area contributed by atoms with E-state index in [1.54, 1.807) is 0 Å². The summed E-state index contributed by atoms with van der Waals surface area (Å²) in [4.78, 5) is 24.7. The van der Waals surface area contributed by atoms with E-state index < -0.39 is 0 Å². The summed E-state index contributed by atoms with van der Waals surface area (Å²) in [5.41, 5.74) is 7.38. The van der Waals surface area contributed by atoms with Gasteiger partial charge in [-0.2, -0.15) is 0 Å². The summed E-state index contributed by atoms with van der Waals surface area (Å²) < 4.78 is 0. The minimum Gasteiger partial charge on any atom is -0.328 e. The van der Waals surface area contributed by atoms with Crippen LogP contribution < -0.4 is 16.4 Å². The molecular weight excluding hydrogens is 286 g/mol. The van der Waals surface area contributed by atoms with Crippen LogP contribution in [-0.2, 0) is 9.59 Å². The zero-order valence-corrected chi connectivity index (χ0v) is 12.5. The maximum Gasteiger partial charge on any atom is 0.234 e. The summed E-state index contributed by atoms with van der Waals surface area (Å²) in [5.74, 6) is 0.541. The van der Waals surface area contributed by atoms with E-state index in [4.69, 9.17) is 5.73 Å². The van der Waals surface area contributed by atoms with Crippen molar-refractivity contribution in [2.24, 2.45) is 11.7 Å². The molecule has 1 aliphatic carbocycles. The Labute approximate surface area is 128 Å². The topological polar surface area (TPSA) is 84.2 Å². The van der Waals surface area contributed by atoms with Crippen LogP contribution in [0.5, 0.6) is 0 Å². The minimum atomic E-state index is -0.00255. The van der Waals surface area contributed by atoms with Gasteiger partial charge in [0.15, 0.2) is 0 Å². The van der Waals surface area contributed by atoms with Gasteiger partial charge in [0, 0.05) is 22.5 Å². The molecule has 0 bridgehead atoms. The Morgan fingerprint density at radius 2 is 2.05 bits per heavy atom. The number of thioether (sulfide) groups is 1. The Morgan fingerprint density at radius 3 is 2.81 bits per heavy atom. The zero-order valence-electron chi connectivity index (χ0n) is 11.7. The summed E-state index contributed by atoms with van der Waals surface area (Å²) in [6.07, 6.45) is 3.53. The number of carbonyl (C=O) groups excluding carboxylic acids is 2. The maximum absolute atomic E-state index is 12.3. The molecule has 21 heavy (non-hydrogen) atoms. The van der Waals surface area contributed by atoms with Crippen molar-refractivity contribution in [3.8, 4) is 0 Å². The lowest BCUT2D eigenvalue weighted by Crippen LogP contribution is -2.32. The van der Waals surface area contributed by atoms with Gasteiger partial charge in [-0.25, -0.2) is 0 Å². The van der Waals surface area contributed by atoms with E-state index in [-0.39, 0.29) is 23.8 Å². The van der Waals surface area contributed by atoms with E-state index in [2.05, 4.69) is 10.6 Å². The molecular formula is C15H19N3O2S. The van der Waals surface area contributed by atoms with Gasteiger partial charge in [0.25, 0.3) is 0 Å². The number of hydrogen-bond acceptors (Lipinski definition) is 4. The van der Waals surface area contributed by atoms with Crippen molar-refractivity contribution in [3.05, 3.63) is 18.2 Å². The predicted molar refractivity (Wildman–Crippen MR) is 84.4 cm³/mol. The second kappa shape index (κ2) is 6.07. The second-order valence-corrected chi connectivity index (χ2v) is 6.67. The fraction of sp³-hybridized carbons (Fsp3) is 0.467. The lowest BCUT2D eigenvalue weighted by atomic mass is 9.86. The van der Waals surface area contributed by atoms with Crippen LogP contribution in [0.4, 0.5) is 11.4 Å². The highest BCUT2D eigenvalue weighted by molar-refractivity contribution is 8.00. The van der Waals surface area contributed by atoms with Crippen LogP contribution in [0, 0.1) is 5.92 Å². The number of benzene rings is 1. The SMILES string of the molecule is NC1CCC(C(=O)Nc2ccc3c(c2)NC(=O)CS3)CC1. The second-order valence-electron chi connectivity index (χ2n) is 5.65. The molecule has 0 unspecified atom stereocenters. The predicted octanol–water partition coefficient (Wildman–Crippen LogP) is 2.19. The summed E-state index contributed by atoms with van der Waals surface area (Å²) in [7, 11) is 0. The number of nitrogens with two attached hydrogens (primary N) is 1. The number of amides is 2. The van der Waals surface area contributed by atoms with Gasteiger partial charge >= 0.3 is 0 Å². The van der Waals surface area contributed by atoms with Crippen LogP contribution >= 0.6 is 11.8 Å². The first-order chi connectivity index (χ1) is 10.1. The van der Waals surface area contributed by atoms with Gasteiger partial charge in [-0.1, -0.05) is 0 Å². The third kappa shape index (κ3) is 3.39. The highest BCUT2D eigenvalue weighted by Crippen LogP contribution is 2.33. The highest BCUT2D eigenvalue weighted by atomic mass is 32.2. The van der Waals surface area contributed by atoms with E-state index >= 15 is 0 Å². The van der Waals surface area contributed by atoms with Gasteiger partial charge in [-0.05, 0) is 43.9 Å². The molecule has 1 heterocycles. The average Bonchev–Trinajstić information content (AvgIpc) is 2.47. The normalized spacial score (nSPS) is 24.9. The van der Waals surface area contributed by atoms with Gasteiger partial charge in [-0.15, -0.1) is 11.8 Å². The van der Waals surface area contributed by atoms with Crippen molar-refractivity contribution >= 4 is 35.0 Å². The number of hydrogen-bond donors (Lipinski definition) is 3. The number of carbonyl (C=O) groups is 2. The lowest BCUT2D eigenvalue weighted by Gasteiger charge is -2.25. The quantitative estimate of drug-likeness (QED) is 0.782. The van der Waals surface area contributed by atoms with Crippen molar-refractivity contribution in [1.82, 2.24) is 0 Å². The molecule has 4 N–H and O–H groups in total. The Balaban J connectivity index is 1.66. The fourth-order valence-corrected chi connectivity index (χ4v) is 3.58. The monoisotopic (exact) mass is 305 g/mol. The van der Waals surface area contributed by atoms with Gasteiger partial charge in [-0.3, -0.25) is 9.59 Å². The highest BCUT2D eigenvalue weighted by Gasteiger charge is 2.25. The van der Waals surface area contributed by atoms with Gasteiger partial charge in [0.2, 0.25) is 11.8 Å². The summed E-state index contributed by atoms with van der Waals surface area (Å²) >= 11 is 1.51. The molecule has 1 saturated carbocycles. The van der Waals surface area contributed by atoms with Gasteiger partial charge in [0.1, 0.15) is 0 Å². The Kier molecular flexibility index (Phi) is 4.17. The third-order valence-electron chi connectivity index (χ3n) is 4.02. The van der Waals surface area contributed by atoms with Crippen molar-refractivity contribution in [3.63, 3.8) is 0 Å². The van der Waals surface area contributed by atoms with Crippen LogP contribution in [0.25, 0.3) is 0 Å². The van der Waals surface area contributed by atoms with Crippen LogP contribution in [0.1, 0.15) is 25.7 Å². The molecule has 1 aromatic carbocycles. The van der Waals surface area contributed by atoms with Crippen molar-refractivity contribution in [1.29, 1.82) is 0 Å². The number of fused-ring (bicyclic) bond motifs is 1. The Hall–Kier alpha value is -1.53. The molecule has 112 valence electrons. The maximum atomic E-state index is 12.3. The van der Waals surface area contributed by atoms with E-state index in [0.717, 1.165) is 42.0 Å². The first-order valence-electron chi connectivity index (χ1n) is 7.25. The van der Waals surface area contributed by atoms with Crippen LogP contribution in [0.15, 0.2) is 23.1 Å². The Morgan fingerprint density at radius 1 is 1.29 bits per heavy atom. The smallest absolute Gasteiger partial charge is 0.234 e. The molecule has 0 radical (unpaired) electrons. The molecule has 1 aliphatic heterocycles. The zero-order chi connectivity index (χ0) is 14.8. The first kappa shape index (κ1) is 14.4. The van der Waals surface area contributed by atoms with E-state index in [1.165, 1.54) is 11.8 Å². The third-order valence-corrected chi connectivity index (χ3v) is 5.10. The molecule has 0 atom stereocenters. The van der Waals surface area contributed by atoms with Crippen LogP contribution in [-0.4, -0.2) is 23.6 Å². The molecule has 0 aromatic heterocycles. The van der Waals surface area contributed by atoms with Crippen molar-refractivity contribution in [2.75, 3.05) is 16.4 Å². The van der Waals surface area contributed by atoms with Crippen molar-refractivity contribution < 1.29 is 9.59 Å². The molecule has 3 rings (SSSR count). The number of nitrogens with one attached hydrogen (secondary N) is 2. The number of anilines is 2. The fourth-order valence-electron chi connectivity index (χ4n) is 2.79. The lowest BCUT2D eigenvalue weighted by molar-refractivity contribution is -0.120. The summed E-state index contributed by atoms with van der Waals surface area (Å²) in [5, 5.41) is 5.78. The molecule has 6 heteroatoms. The van der Waals surface area contributed by atoms with Crippen LogP contribution in [0.3, 0.4) is 0 Å². The standard InChI is InChI=1S/C15H19N3O2S/c16-10-3-1-9(2-4-10)15(20)17-11-5-6-13-12(7-11)18-14(19)8-21-13/h5-7,9-10H,1-4,8,16H2,(H,17,20)(H,18,19). The molecule has 0 spiro atoms. The van der Waals surface area contributed by atoms with E-state index in [0.29, 0.717) is 5.75 Å². The minimum absolute atomic E-state index is 0.00255. The summed E-state index contributed by atoms with van der Waals surface area (Å²) in [6.45, 7) is 0. The summed E-state index contributed by atoms with van der Waals surface area (Å²) in [6, 6.07) is 5.89. The van der Waals surface area contributed by atoms with Crippen LogP contribution in [0.2, 0.25) is 0 Å².